The Hall–Kier alpha value is -3.27. The topological polar surface area (TPSA) is 119 Å². The van der Waals surface area contributed by atoms with E-state index in [1.54, 1.807) is 12.1 Å². The van der Waals surface area contributed by atoms with Gasteiger partial charge in [0.2, 0.25) is 0 Å². The predicted molar refractivity (Wildman–Crippen MR) is 194 cm³/mol. The Morgan fingerprint density at radius 2 is 1.96 bits per heavy atom. The number of amides is 1. The number of benzene rings is 1. The molecule has 1 N–H and O–H groups in total. The highest BCUT2D eigenvalue weighted by atomic mass is 127. The fraction of sp³-hybridized carbons (Fsp3) is 0.424. The molecule has 4 aromatic rings. The van der Waals surface area contributed by atoms with Crippen LogP contribution in [0, 0.1) is 10.5 Å². The molecule has 0 spiro atoms. The molecule has 3 aromatic heterocycles. The highest BCUT2D eigenvalue weighted by molar-refractivity contribution is 14.1. The van der Waals surface area contributed by atoms with Gasteiger partial charge < -0.3 is 24.1 Å². The lowest BCUT2D eigenvalue weighted by molar-refractivity contribution is 0.0794. The number of aromatic nitrogens is 5. The second kappa shape index (κ2) is 13.7. The van der Waals surface area contributed by atoms with Crippen LogP contribution in [0.15, 0.2) is 42.7 Å². The normalized spacial score (nSPS) is 13.9. The molecule has 1 unspecified atom stereocenters. The van der Waals surface area contributed by atoms with Gasteiger partial charge in [-0.15, -0.1) is 0 Å². The van der Waals surface area contributed by atoms with Crippen LogP contribution in [0.25, 0.3) is 22.8 Å². The van der Waals surface area contributed by atoms with Crippen molar-refractivity contribution in [3.63, 3.8) is 0 Å². The van der Waals surface area contributed by atoms with Crippen LogP contribution in [0.3, 0.4) is 0 Å². The van der Waals surface area contributed by atoms with Gasteiger partial charge >= 0.3 is 6.09 Å². The van der Waals surface area contributed by atoms with E-state index in [1.165, 1.54) is 17.5 Å². The molecule has 0 fully saturated rings. The van der Waals surface area contributed by atoms with Crippen LogP contribution in [0.4, 0.5) is 10.6 Å². The molecule has 250 valence electrons. The van der Waals surface area contributed by atoms with Crippen LogP contribution in [-0.4, -0.2) is 75.5 Å². The summed E-state index contributed by atoms with van der Waals surface area (Å²) in [6, 6.07) is 9.44. The molecule has 1 atom stereocenters. The first-order valence-electron chi connectivity index (χ1n) is 15.3. The third kappa shape index (κ3) is 7.57. The Kier molecular flexibility index (Phi) is 10.2. The number of aryl methyl sites for hydroxylation is 1. The Morgan fingerprint density at radius 3 is 2.60 bits per heavy atom. The number of carboxylic acid groups (broad SMARTS) is 1. The lowest BCUT2D eigenvalue weighted by atomic mass is 10.1. The molecule has 47 heavy (non-hydrogen) atoms. The zero-order valence-corrected chi connectivity index (χ0v) is 31.9. The average molecular weight is 790 g/mol. The second-order valence-electron chi connectivity index (χ2n) is 13.4. The van der Waals surface area contributed by atoms with Gasteiger partial charge in [-0.25, -0.2) is 14.8 Å². The molecule has 1 aliphatic rings. The zero-order valence-electron chi connectivity index (χ0n) is 28.0. The minimum atomic E-state index is -2.23. The summed E-state index contributed by atoms with van der Waals surface area (Å²) < 4.78 is 15.7. The van der Waals surface area contributed by atoms with E-state index < -0.39 is 20.5 Å². The lowest BCUT2D eigenvalue weighted by Crippen LogP contribution is -2.49. The molecule has 14 heteroatoms. The summed E-state index contributed by atoms with van der Waals surface area (Å²) in [5, 5.41) is 14.5. The molecule has 0 aliphatic carbocycles. The van der Waals surface area contributed by atoms with Crippen LogP contribution in [0.1, 0.15) is 37.6 Å². The van der Waals surface area contributed by atoms with Crippen molar-refractivity contribution in [3.05, 3.63) is 68.1 Å². The fourth-order valence-electron chi connectivity index (χ4n) is 5.25. The Bertz CT molecular complexity index is 1750. The number of carbonyl (C=O) groups is 1. The number of hydrogen-bond acceptors (Lipinski definition) is 8. The maximum absolute atomic E-state index is 11.7. The first-order chi connectivity index (χ1) is 22.1. The number of ether oxygens (including phenoxy) is 1. The van der Waals surface area contributed by atoms with Crippen LogP contribution in [0.2, 0.25) is 23.2 Å². The predicted octanol–water partition coefficient (Wildman–Crippen LogP) is 7.40. The summed E-state index contributed by atoms with van der Waals surface area (Å²) in [5.41, 5.74) is 5.39. The van der Waals surface area contributed by atoms with Crippen molar-refractivity contribution in [3.8, 4) is 28.5 Å². The molecule has 5 rings (SSSR count). The molecule has 0 bridgehead atoms. The third-order valence-electron chi connectivity index (χ3n) is 8.91. The summed E-state index contributed by atoms with van der Waals surface area (Å²) >= 11 is 9.11. The number of likely N-dealkylation sites (N-methyl/N-ethyl adjacent to an activating group) is 1. The van der Waals surface area contributed by atoms with Crippen molar-refractivity contribution < 1.29 is 19.1 Å². The van der Waals surface area contributed by atoms with E-state index >= 15 is 0 Å². The van der Waals surface area contributed by atoms with Gasteiger partial charge in [0.05, 0.1) is 45.4 Å². The number of pyridine rings is 1. The Morgan fingerprint density at radius 1 is 1.21 bits per heavy atom. The van der Waals surface area contributed by atoms with E-state index in [2.05, 4.69) is 77.5 Å². The van der Waals surface area contributed by atoms with Crippen molar-refractivity contribution in [2.24, 2.45) is 7.05 Å². The first kappa shape index (κ1) is 35.0. The monoisotopic (exact) mass is 789 g/mol. The molecule has 0 radical (unpaired) electrons. The number of fused-ring (bicyclic) bond motifs is 1. The third-order valence-corrected chi connectivity index (χ3v) is 14.6. The van der Waals surface area contributed by atoms with E-state index in [-0.39, 0.29) is 18.2 Å². The van der Waals surface area contributed by atoms with Crippen molar-refractivity contribution >= 4 is 54.4 Å². The van der Waals surface area contributed by atoms with Gasteiger partial charge in [0.15, 0.2) is 14.1 Å². The van der Waals surface area contributed by atoms with Crippen LogP contribution < -0.4 is 9.64 Å². The molecule has 4 heterocycles. The van der Waals surface area contributed by atoms with E-state index in [1.807, 2.05) is 43.2 Å². The van der Waals surface area contributed by atoms with Gasteiger partial charge in [0.25, 0.3) is 0 Å². The Labute approximate surface area is 295 Å². The quantitative estimate of drug-likeness (QED) is 0.130. The number of anilines is 1. The van der Waals surface area contributed by atoms with E-state index in [0.717, 1.165) is 32.0 Å². The SMILES string of the molecule is Cc1c(-c2c(I)cnn2C)nc(-c2cc(OCC(CN(C)C(=O)O)O[Si](C)(C)C(C)(C)C)ccc2Cl)nc1N1Cc2cccnc2C1. The summed E-state index contributed by atoms with van der Waals surface area (Å²) in [5.74, 6) is 1.80. The van der Waals surface area contributed by atoms with Crippen LogP contribution >= 0.6 is 34.2 Å². The van der Waals surface area contributed by atoms with Crippen molar-refractivity contribution in [1.82, 2.24) is 29.6 Å². The minimum absolute atomic E-state index is 0.0584. The van der Waals surface area contributed by atoms with Gasteiger partial charge in [-0.3, -0.25) is 9.67 Å². The minimum Gasteiger partial charge on any atom is -0.491 e. The molecule has 11 nitrogen and oxygen atoms in total. The molecule has 0 saturated carbocycles. The largest absolute Gasteiger partial charge is 0.491 e. The summed E-state index contributed by atoms with van der Waals surface area (Å²) in [7, 11) is 1.21. The summed E-state index contributed by atoms with van der Waals surface area (Å²) in [6.07, 6.45) is 2.14. The standard InChI is InChI=1S/C33H41ClIN7O4Si/c1-20-28(29-26(35)15-37-41(29)6)38-30(39-31(20)42-16-21-10-9-13-36-27(21)18-42)24-14-22(11-12-25(24)34)45-19-23(17-40(5)32(43)44)46-47(7,8)33(2,3)4/h9-15,23H,16-19H2,1-8H3,(H,43,44). The summed E-state index contributed by atoms with van der Waals surface area (Å²) in [6.45, 7) is 14.4. The molecular formula is C33H41ClIN7O4Si. The van der Waals surface area contributed by atoms with Crippen molar-refractivity contribution in [1.29, 1.82) is 0 Å². The molecule has 1 aliphatic heterocycles. The molecule has 0 saturated heterocycles. The average Bonchev–Trinajstić information content (AvgIpc) is 3.58. The van der Waals surface area contributed by atoms with Crippen molar-refractivity contribution in [2.75, 3.05) is 25.1 Å². The number of rotatable bonds is 10. The highest BCUT2D eigenvalue weighted by Gasteiger charge is 2.40. The zero-order chi connectivity index (χ0) is 34.3. The molecular weight excluding hydrogens is 749 g/mol. The van der Waals surface area contributed by atoms with Gasteiger partial charge in [0, 0.05) is 38.0 Å². The van der Waals surface area contributed by atoms with Crippen molar-refractivity contribution in [2.45, 2.75) is 65.0 Å². The first-order valence-corrected chi connectivity index (χ1v) is 19.7. The summed E-state index contributed by atoms with van der Waals surface area (Å²) in [4.78, 5) is 29.9. The molecule has 1 aromatic carbocycles. The highest BCUT2D eigenvalue weighted by Crippen LogP contribution is 2.39. The van der Waals surface area contributed by atoms with E-state index in [0.29, 0.717) is 35.2 Å². The van der Waals surface area contributed by atoms with Gasteiger partial charge in [-0.1, -0.05) is 38.4 Å². The maximum atomic E-state index is 11.7. The van der Waals surface area contributed by atoms with Crippen LogP contribution in [-0.2, 0) is 24.6 Å². The van der Waals surface area contributed by atoms with Gasteiger partial charge in [-0.2, -0.15) is 5.10 Å². The maximum Gasteiger partial charge on any atom is 0.407 e. The lowest BCUT2D eigenvalue weighted by Gasteiger charge is -2.39. The number of nitrogens with zero attached hydrogens (tertiary/aromatic N) is 7. The van der Waals surface area contributed by atoms with Crippen LogP contribution in [0.5, 0.6) is 5.75 Å². The molecule has 1 amide bonds. The van der Waals surface area contributed by atoms with Gasteiger partial charge in [-0.05, 0) is 77.5 Å². The second-order valence-corrected chi connectivity index (χ2v) is 19.7. The smallest absolute Gasteiger partial charge is 0.407 e. The number of hydrogen-bond donors (Lipinski definition) is 1. The van der Waals surface area contributed by atoms with E-state index in [4.69, 9.17) is 30.7 Å². The van der Waals surface area contributed by atoms with Gasteiger partial charge in [0.1, 0.15) is 23.9 Å². The van der Waals surface area contributed by atoms with E-state index in [9.17, 15) is 9.90 Å². The number of halogens is 2. The Balaban J connectivity index is 1.51. The fourth-order valence-corrected chi connectivity index (χ4v) is 7.51.